The van der Waals surface area contributed by atoms with E-state index in [1.807, 2.05) is 37.3 Å². The first kappa shape index (κ1) is 16.7. The van der Waals surface area contributed by atoms with Gasteiger partial charge in [0.05, 0.1) is 17.7 Å². The third-order valence-electron chi connectivity index (χ3n) is 3.30. The van der Waals surface area contributed by atoms with Crippen molar-refractivity contribution in [2.75, 3.05) is 6.61 Å². The fourth-order valence-electron chi connectivity index (χ4n) is 1.94. The number of rotatable bonds is 7. The predicted molar refractivity (Wildman–Crippen MR) is 87.2 cm³/mol. The van der Waals surface area contributed by atoms with Gasteiger partial charge in [-0.3, -0.25) is 0 Å². The fraction of sp³-hybridized carbons (Fsp3) is 0.263. The van der Waals surface area contributed by atoms with Crippen LogP contribution in [0.5, 0.6) is 0 Å². The minimum Gasteiger partial charge on any atom is -0.462 e. The second-order valence-corrected chi connectivity index (χ2v) is 5.13. The summed E-state index contributed by atoms with van der Waals surface area (Å²) in [6.07, 6.45) is 1.81. The molecule has 0 aliphatic heterocycles. The molecule has 2 rings (SSSR count). The van der Waals surface area contributed by atoms with Gasteiger partial charge in [0.15, 0.2) is 0 Å². The molecule has 0 heterocycles. The summed E-state index contributed by atoms with van der Waals surface area (Å²) < 4.78 is 10.4. The molecule has 0 aliphatic carbocycles. The summed E-state index contributed by atoms with van der Waals surface area (Å²) in [5, 5.41) is 0. The van der Waals surface area contributed by atoms with E-state index in [1.54, 1.807) is 24.3 Å². The van der Waals surface area contributed by atoms with Gasteiger partial charge in [-0.05, 0) is 36.2 Å². The van der Waals surface area contributed by atoms with Crippen LogP contribution in [0.15, 0.2) is 54.6 Å². The fourth-order valence-corrected chi connectivity index (χ4v) is 1.94. The molecule has 0 aromatic heterocycles. The number of unbranched alkanes of at least 4 members (excludes halogenated alkanes) is 1. The SMILES string of the molecule is CCCCOC(=O)c1ccc(C(=O)OCc2ccccc2)cc1. The maximum absolute atomic E-state index is 12.0. The Morgan fingerprint density at radius 3 is 1.96 bits per heavy atom. The van der Waals surface area contributed by atoms with Crippen LogP contribution in [0.2, 0.25) is 0 Å². The van der Waals surface area contributed by atoms with Crippen molar-refractivity contribution in [2.24, 2.45) is 0 Å². The van der Waals surface area contributed by atoms with Crippen LogP contribution in [-0.4, -0.2) is 18.5 Å². The molecule has 2 aromatic carbocycles. The minimum absolute atomic E-state index is 0.223. The smallest absolute Gasteiger partial charge is 0.338 e. The van der Waals surface area contributed by atoms with Gasteiger partial charge in [0.1, 0.15) is 6.61 Å². The molecular formula is C19H20O4. The number of hydrogen-bond acceptors (Lipinski definition) is 4. The van der Waals surface area contributed by atoms with Gasteiger partial charge in [-0.25, -0.2) is 9.59 Å². The van der Waals surface area contributed by atoms with E-state index < -0.39 is 5.97 Å². The van der Waals surface area contributed by atoms with Crippen LogP contribution in [0.1, 0.15) is 46.0 Å². The third-order valence-corrected chi connectivity index (χ3v) is 3.30. The van der Waals surface area contributed by atoms with Crippen molar-refractivity contribution in [2.45, 2.75) is 26.4 Å². The Hall–Kier alpha value is -2.62. The zero-order chi connectivity index (χ0) is 16.5. The number of carbonyl (C=O) groups excluding carboxylic acids is 2. The first-order chi connectivity index (χ1) is 11.2. The molecule has 4 heteroatoms. The van der Waals surface area contributed by atoms with E-state index in [2.05, 4.69) is 0 Å². The van der Waals surface area contributed by atoms with E-state index in [-0.39, 0.29) is 12.6 Å². The highest BCUT2D eigenvalue weighted by Gasteiger charge is 2.11. The Morgan fingerprint density at radius 2 is 1.39 bits per heavy atom. The van der Waals surface area contributed by atoms with Gasteiger partial charge in [-0.2, -0.15) is 0 Å². The van der Waals surface area contributed by atoms with Crippen LogP contribution < -0.4 is 0 Å². The largest absolute Gasteiger partial charge is 0.462 e. The second kappa shape index (κ2) is 8.73. The number of esters is 2. The van der Waals surface area contributed by atoms with Gasteiger partial charge < -0.3 is 9.47 Å². The topological polar surface area (TPSA) is 52.6 Å². The molecule has 0 amide bonds. The minimum atomic E-state index is -0.417. The molecule has 23 heavy (non-hydrogen) atoms. The lowest BCUT2D eigenvalue weighted by atomic mass is 10.1. The van der Waals surface area contributed by atoms with Crippen molar-refractivity contribution in [3.8, 4) is 0 Å². The highest BCUT2D eigenvalue weighted by Crippen LogP contribution is 2.09. The molecular weight excluding hydrogens is 292 g/mol. The van der Waals surface area contributed by atoms with Crippen molar-refractivity contribution in [3.63, 3.8) is 0 Å². The molecule has 0 unspecified atom stereocenters. The van der Waals surface area contributed by atoms with Gasteiger partial charge >= 0.3 is 11.9 Å². The maximum Gasteiger partial charge on any atom is 0.338 e. The van der Waals surface area contributed by atoms with E-state index >= 15 is 0 Å². The van der Waals surface area contributed by atoms with E-state index in [0.717, 1.165) is 18.4 Å². The lowest BCUT2D eigenvalue weighted by Gasteiger charge is -2.06. The zero-order valence-electron chi connectivity index (χ0n) is 13.2. The van der Waals surface area contributed by atoms with E-state index in [4.69, 9.17) is 9.47 Å². The molecule has 0 N–H and O–H groups in total. The average Bonchev–Trinajstić information content (AvgIpc) is 2.61. The summed E-state index contributed by atoms with van der Waals surface area (Å²) in [7, 11) is 0. The Kier molecular flexibility index (Phi) is 6.36. The van der Waals surface area contributed by atoms with Crippen LogP contribution in [-0.2, 0) is 16.1 Å². The zero-order valence-corrected chi connectivity index (χ0v) is 13.2. The lowest BCUT2D eigenvalue weighted by Crippen LogP contribution is -2.08. The number of ether oxygens (including phenoxy) is 2. The summed E-state index contributed by atoms with van der Waals surface area (Å²) in [5.74, 6) is -0.789. The summed E-state index contributed by atoms with van der Waals surface area (Å²) in [5.41, 5.74) is 1.77. The summed E-state index contributed by atoms with van der Waals surface area (Å²) in [6, 6.07) is 15.8. The molecule has 0 bridgehead atoms. The highest BCUT2D eigenvalue weighted by molar-refractivity contribution is 5.93. The van der Waals surface area contributed by atoms with E-state index in [0.29, 0.717) is 17.7 Å². The van der Waals surface area contributed by atoms with Crippen LogP contribution >= 0.6 is 0 Å². The Morgan fingerprint density at radius 1 is 0.826 bits per heavy atom. The Bertz CT molecular complexity index is 632. The van der Waals surface area contributed by atoms with Crippen molar-refractivity contribution >= 4 is 11.9 Å². The standard InChI is InChI=1S/C19H20O4/c1-2-3-13-22-18(20)16-9-11-17(12-10-16)19(21)23-14-15-7-5-4-6-8-15/h4-12H,2-3,13-14H2,1H3. The van der Waals surface area contributed by atoms with Gasteiger partial charge in [0, 0.05) is 0 Å². The average molecular weight is 312 g/mol. The molecule has 0 atom stereocenters. The number of carbonyl (C=O) groups is 2. The molecule has 0 saturated carbocycles. The molecule has 0 saturated heterocycles. The van der Waals surface area contributed by atoms with E-state index in [1.165, 1.54) is 0 Å². The second-order valence-electron chi connectivity index (χ2n) is 5.13. The normalized spacial score (nSPS) is 10.1. The van der Waals surface area contributed by atoms with Crippen molar-refractivity contribution < 1.29 is 19.1 Å². The van der Waals surface area contributed by atoms with E-state index in [9.17, 15) is 9.59 Å². The van der Waals surface area contributed by atoms with Crippen molar-refractivity contribution in [1.29, 1.82) is 0 Å². The Balaban J connectivity index is 1.88. The Labute approximate surface area is 136 Å². The maximum atomic E-state index is 12.0. The molecule has 2 aromatic rings. The lowest BCUT2D eigenvalue weighted by molar-refractivity contribution is 0.0466. The summed E-state index contributed by atoms with van der Waals surface area (Å²) in [4.78, 5) is 23.7. The third kappa shape index (κ3) is 5.25. The molecule has 0 spiro atoms. The molecule has 4 nitrogen and oxygen atoms in total. The monoisotopic (exact) mass is 312 g/mol. The van der Waals surface area contributed by atoms with Crippen LogP contribution in [0, 0.1) is 0 Å². The quantitative estimate of drug-likeness (QED) is 0.573. The van der Waals surface area contributed by atoms with Gasteiger partial charge in [0.2, 0.25) is 0 Å². The molecule has 0 radical (unpaired) electrons. The first-order valence-corrected chi connectivity index (χ1v) is 7.69. The predicted octanol–water partition coefficient (Wildman–Crippen LogP) is 4.00. The molecule has 0 aliphatic rings. The van der Waals surface area contributed by atoms with Crippen molar-refractivity contribution in [1.82, 2.24) is 0 Å². The highest BCUT2D eigenvalue weighted by atomic mass is 16.5. The van der Waals surface area contributed by atoms with Crippen LogP contribution in [0.3, 0.4) is 0 Å². The van der Waals surface area contributed by atoms with Crippen molar-refractivity contribution in [3.05, 3.63) is 71.3 Å². The van der Waals surface area contributed by atoms with Gasteiger partial charge in [0.25, 0.3) is 0 Å². The number of hydrogen-bond donors (Lipinski definition) is 0. The van der Waals surface area contributed by atoms with Gasteiger partial charge in [-0.1, -0.05) is 43.7 Å². The van der Waals surface area contributed by atoms with Crippen LogP contribution in [0.25, 0.3) is 0 Å². The number of benzene rings is 2. The summed E-state index contributed by atoms with van der Waals surface area (Å²) in [6.45, 7) is 2.67. The molecule has 120 valence electrons. The summed E-state index contributed by atoms with van der Waals surface area (Å²) >= 11 is 0. The van der Waals surface area contributed by atoms with Gasteiger partial charge in [-0.15, -0.1) is 0 Å². The molecule has 0 fully saturated rings. The first-order valence-electron chi connectivity index (χ1n) is 7.69. The van der Waals surface area contributed by atoms with Crippen LogP contribution in [0.4, 0.5) is 0 Å².